The molecule has 31 heavy (non-hydrogen) atoms. The molecule has 1 N–H and O–H groups in total. The van der Waals surface area contributed by atoms with Crippen molar-refractivity contribution >= 4 is 11.6 Å². The van der Waals surface area contributed by atoms with E-state index < -0.39 is 5.60 Å². The number of aliphatic hydroxyl groups is 1. The van der Waals surface area contributed by atoms with Gasteiger partial charge in [-0.2, -0.15) is 0 Å². The minimum absolute atomic E-state index is 0.213. The molecule has 0 aliphatic heterocycles. The number of likely N-dealkylation sites (N-methyl/N-ethyl adjacent to an activating group) is 1. The molecule has 0 aromatic carbocycles. The van der Waals surface area contributed by atoms with Crippen molar-refractivity contribution in [3.05, 3.63) is 29.6 Å². The van der Waals surface area contributed by atoms with Crippen LogP contribution in [0.4, 0.5) is 5.82 Å². The number of anilines is 1. The summed E-state index contributed by atoms with van der Waals surface area (Å²) in [5.74, 6) is 2.20. The van der Waals surface area contributed by atoms with Gasteiger partial charge >= 0.3 is 0 Å². The fraction of sp³-hybridized carbons (Fsp3) is 0.583. The van der Waals surface area contributed by atoms with E-state index in [1.165, 1.54) is 0 Å². The smallest absolute Gasteiger partial charge is 0.180 e. The van der Waals surface area contributed by atoms with Crippen molar-refractivity contribution in [3.8, 4) is 17.3 Å². The molecule has 1 aliphatic rings. The Morgan fingerprint density at radius 3 is 2.71 bits per heavy atom. The Morgan fingerprint density at radius 2 is 2.00 bits per heavy atom. The summed E-state index contributed by atoms with van der Waals surface area (Å²) in [5.41, 5.74) is 1.96. The SMILES string of the molecule is CCCC(=O)CN(C)c1nc(-c2cc(OCC(O)(CC)CC)ccn2)nc2c1CCC2. The zero-order valence-electron chi connectivity index (χ0n) is 19.1. The number of Topliss-reactive ketones (excluding diaryl/α,β-unsaturated/α-hetero) is 1. The first kappa shape index (κ1) is 23.1. The summed E-state index contributed by atoms with van der Waals surface area (Å²) in [6.07, 6.45) is 7.23. The molecule has 168 valence electrons. The van der Waals surface area contributed by atoms with Gasteiger partial charge in [-0.05, 0) is 44.6 Å². The monoisotopic (exact) mass is 426 g/mol. The topological polar surface area (TPSA) is 88.4 Å². The Kier molecular flexibility index (Phi) is 7.59. The van der Waals surface area contributed by atoms with Crippen LogP contribution >= 0.6 is 0 Å². The molecule has 0 amide bonds. The summed E-state index contributed by atoms with van der Waals surface area (Å²) in [6, 6.07) is 3.59. The minimum atomic E-state index is -0.839. The Balaban J connectivity index is 1.87. The van der Waals surface area contributed by atoms with Crippen molar-refractivity contribution in [2.45, 2.75) is 71.3 Å². The third-order valence-electron chi connectivity index (χ3n) is 6.00. The van der Waals surface area contributed by atoms with Gasteiger partial charge in [0.1, 0.15) is 23.9 Å². The fourth-order valence-corrected chi connectivity index (χ4v) is 3.84. The van der Waals surface area contributed by atoms with Crippen LogP contribution in [0, 0.1) is 0 Å². The number of aromatic nitrogens is 3. The number of pyridine rings is 1. The van der Waals surface area contributed by atoms with Gasteiger partial charge in [0.15, 0.2) is 11.6 Å². The summed E-state index contributed by atoms with van der Waals surface area (Å²) in [5, 5.41) is 10.5. The van der Waals surface area contributed by atoms with Crippen LogP contribution in [0.25, 0.3) is 11.5 Å². The van der Waals surface area contributed by atoms with E-state index >= 15 is 0 Å². The van der Waals surface area contributed by atoms with Crippen LogP contribution in [0.2, 0.25) is 0 Å². The molecule has 0 radical (unpaired) electrons. The lowest BCUT2D eigenvalue weighted by atomic mass is 9.99. The summed E-state index contributed by atoms with van der Waals surface area (Å²) < 4.78 is 5.86. The maximum Gasteiger partial charge on any atom is 0.180 e. The average molecular weight is 427 g/mol. The predicted octanol–water partition coefficient (Wildman–Crippen LogP) is 3.76. The summed E-state index contributed by atoms with van der Waals surface area (Å²) in [7, 11) is 1.92. The van der Waals surface area contributed by atoms with Crippen LogP contribution in [-0.4, -0.2) is 51.6 Å². The second kappa shape index (κ2) is 10.2. The quantitative estimate of drug-likeness (QED) is 0.585. The maximum atomic E-state index is 12.2. The number of ether oxygens (including phenoxy) is 1. The molecule has 0 unspecified atom stereocenters. The molecule has 2 aromatic heterocycles. The van der Waals surface area contributed by atoms with Gasteiger partial charge in [0.2, 0.25) is 0 Å². The lowest BCUT2D eigenvalue weighted by Gasteiger charge is -2.25. The number of carbonyl (C=O) groups is 1. The highest BCUT2D eigenvalue weighted by Gasteiger charge is 2.25. The number of carbonyl (C=O) groups excluding carboxylic acids is 1. The van der Waals surface area contributed by atoms with E-state index in [9.17, 15) is 9.90 Å². The molecule has 2 heterocycles. The van der Waals surface area contributed by atoms with Crippen molar-refractivity contribution in [2.24, 2.45) is 0 Å². The fourth-order valence-electron chi connectivity index (χ4n) is 3.84. The van der Waals surface area contributed by atoms with Gasteiger partial charge in [-0.15, -0.1) is 0 Å². The molecule has 1 aliphatic carbocycles. The normalized spacial score (nSPS) is 13.2. The number of hydrogen-bond donors (Lipinski definition) is 1. The van der Waals surface area contributed by atoms with Crippen molar-refractivity contribution in [1.29, 1.82) is 0 Å². The Labute approximate surface area is 184 Å². The van der Waals surface area contributed by atoms with Gasteiger partial charge in [0.05, 0.1) is 12.1 Å². The number of fused-ring (bicyclic) bond motifs is 1. The molecule has 7 nitrogen and oxygen atoms in total. The van der Waals surface area contributed by atoms with Gasteiger partial charge in [-0.1, -0.05) is 20.8 Å². The second-order valence-electron chi connectivity index (χ2n) is 8.39. The summed E-state index contributed by atoms with van der Waals surface area (Å²) >= 11 is 0. The lowest BCUT2D eigenvalue weighted by molar-refractivity contribution is -0.117. The van der Waals surface area contributed by atoms with Crippen LogP contribution in [0.3, 0.4) is 0 Å². The van der Waals surface area contributed by atoms with E-state index in [0.29, 0.717) is 43.1 Å². The van der Waals surface area contributed by atoms with Crippen molar-refractivity contribution < 1.29 is 14.6 Å². The van der Waals surface area contributed by atoms with Crippen LogP contribution < -0.4 is 9.64 Å². The number of nitrogens with zero attached hydrogens (tertiary/aromatic N) is 4. The zero-order valence-corrected chi connectivity index (χ0v) is 19.1. The van der Waals surface area contributed by atoms with Crippen molar-refractivity contribution in [2.75, 3.05) is 25.1 Å². The van der Waals surface area contributed by atoms with E-state index in [1.54, 1.807) is 12.3 Å². The lowest BCUT2D eigenvalue weighted by Crippen LogP contribution is -2.34. The van der Waals surface area contributed by atoms with E-state index in [-0.39, 0.29) is 12.4 Å². The number of rotatable bonds is 11. The first-order chi connectivity index (χ1) is 14.9. The first-order valence-electron chi connectivity index (χ1n) is 11.3. The molecular formula is C24H34N4O3. The molecule has 2 aromatic rings. The van der Waals surface area contributed by atoms with Gasteiger partial charge < -0.3 is 14.7 Å². The number of aryl methyl sites for hydroxylation is 1. The highest BCUT2D eigenvalue weighted by Crippen LogP contribution is 2.31. The van der Waals surface area contributed by atoms with E-state index in [1.807, 2.05) is 38.8 Å². The largest absolute Gasteiger partial charge is 0.490 e. The van der Waals surface area contributed by atoms with Gasteiger partial charge in [-0.25, -0.2) is 9.97 Å². The molecule has 3 rings (SSSR count). The first-order valence-corrected chi connectivity index (χ1v) is 11.3. The van der Waals surface area contributed by atoms with Crippen LogP contribution in [0.1, 0.15) is 64.1 Å². The van der Waals surface area contributed by atoms with Crippen molar-refractivity contribution in [3.63, 3.8) is 0 Å². The Bertz CT molecular complexity index is 912. The van der Waals surface area contributed by atoms with Gasteiger partial charge in [0, 0.05) is 37.0 Å². The Hall–Kier alpha value is -2.54. The highest BCUT2D eigenvalue weighted by atomic mass is 16.5. The van der Waals surface area contributed by atoms with Gasteiger partial charge in [-0.3, -0.25) is 9.78 Å². The number of hydrogen-bond acceptors (Lipinski definition) is 7. The maximum absolute atomic E-state index is 12.2. The molecular weight excluding hydrogens is 392 g/mol. The highest BCUT2D eigenvalue weighted by molar-refractivity contribution is 5.83. The molecule has 7 heteroatoms. The van der Waals surface area contributed by atoms with Crippen LogP contribution in [-0.2, 0) is 17.6 Å². The number of ketones is 1. The molecule has 0 spiro atoms. The standard InChI is InChI=1S/C24H34N4O3/c1-5-9-17(29)15-28(4)23-19-10-8-11-20(19)26-22(27-23)21-14-18(12-13-25-21)31-16-24(30,6-2)7-3/h12-14,30H,5-11,15-16H2,1-4H3. The Morgan fingerprint density at radius 1 is 1.23 bits per heavy atom. The van der Waals surface area contributed by atoms with Crippen molar-refractivity contribution in [1.82, 2.24) is 15.0 Å². The summed E-state index contributed by atoms with van der Waals surface area (Å²) in [4.78, 5) is 28.2. The molecule has 0 bridgehead atoms. The third kappa shape index (κ3) is 5.58. The van der Waals surface area contributed by atoms with Gasteiger partial charge in [0.25, 0.3) is 0 Å². The molecule has 0 saturated heterocycles. The third-order valence-corrected chi connectivity index (χ3v) is 6.00. The van der Waals surface area contributed by atoms with E-state index in [2.05, 4.69) is 4.98 Å². The summed E-state index contributed by atoms with van der Waals surface area (Å²) in [6.45, 7) is 6.49. The minimum Gasteiger partial charge on any atom is -0.490 e. The second-order valence-corrected chi connectivity index (χ2v) is 8.39. The predicted molar refractivity (Wildman–Crippen MR) is 121 cm³/mol. The van der Waals surface area contributed by atoms with E-state index in [0.717, 1.165) is 42.8 Å². The van der Waals surface area contributed by atoms with Crippen LogP contribution in [0.5, 0.6) is 5.75 Å². The zero-order chi connectivity index (χ0) is 22.4. The van der Waals surface area contributed by atoms with Crippen LogP contribution in [0.15, 0.2) is 18.3 Å². The average Bonchev–Trinajstić information content (AvgIpc) is 3.26. The van der Waals surface area contributed by atoms with E-state index in [4.69, 9.17) is 14.7 Å². The molecule has 0 atom stereocenters. The molecule has 0 saturated carbocycles. The molecule has 0 fully saturated rings.